The number of carboxylic acid groups (broad SMARTS) is 1. The van der Waals surface area contributed by atoms with Gasteiger partial charge in [-0.15, -0.1) is 0 Å². The predicted octanol–water partition coefficient (Wildman–Crippen LogP) is 2.15. The molecular weight excluding hydrogens is 343 g/mol. The molecule has 2 N–H and O–H groups in total. The number of rotatable bonds is 4. The summed E-state index contributed by atoms with van der Waals surface area (Å²) in [6, 6.07) is 8.17. The zero-order chi connectivity index (χ0) is 18.7. The van der Waals surface area contributed by atoms with E-state index in [1.807, 2.05) is 0 Å². The molecule has 0 atom stereocenters. The molecule has 0 unspecified atom stereocenters. The van der Waals surface area contributed by atoms with Crippen LogP contribution in [0.2, 0.25) is 0 Å². The van der Waals surface area contributed by atoms with Crippen LogP contribution in [0.15, 0.2) is 40.8 Å². The first-order valence-electron chi connectivity index (χ1n) is 8.13. The average Bonchev–Trinajstić information content (AvgIpc) is 3.13. The lowest BCUT2D eigenvalue weighted by Crippen LogP contribution is -2.46. The van der Waals surface area contributed by atoms with E-state index in [-0.39, 0.29) is 29.0 Å². The Labute approximate surface area is 148 Å². The van der Waals surface area contributed by atoms with Crippen molar-refractivity contribution < 1.29 is 28.3 Å². The van der Waals surface area contributed by atoms with E-state index in [9.17, 15) is 18.8 Å². The molecule has 0 bridgehead atoms. The van der Waals surface area contributed by atoms with E-state index in [0.29, 0.717) is 25.9 Å². The number of carbonyl (C=O) groups excluding carboxylic acids is 2. The fraction of sp³-hybridized carbons (Fsp3) is 0.278. The predicted molar refractivity (Wildman–Crippen MR) is 88.5 cm³/mol. The minimum Gasteiger partial charge on any atom is -0.475 e. The molecule has 0 aliphatic carbocycles. The highest BCUT2D eigenvalue weighted by Gasteiger charge is 2.27. The topological polar surface area (TPSA) is 99.8 Å². The smallest absolute Gasteiger partial charge is 0.371 e. The first-order valence-corrected chi connectivity index (χ1v) is 8.13. The molecule has 3 rings (SSSR count). The number of nitrogens with zero attached hydrogens (tertiary/aromatic N) is 1. The molecule has 1 aromatic heterocycles. The summed E-state index contributed by atoms with van der Waals surface area (Å²) in [6.45, 7) is 0.771. The van der Waals surface area contributed by atoms with Crippen molar-refractivity contribution in [1.82, 2.24) is 10.2 Å². The number of carboxylic acids is 1. The minimum absolute atomic E-state index is 0.0340. The van der Waals surface area contributed by atoms with Crippen molar-refractivity contribution in [2.75, 3.05) is 13.1 Å². The molecule has 26 heavy (non-hydrogen) atoms. The summed E-state index contributed by atoms with van der Waals surface area (Å²) in [5.41, 5.74) is 0.0340. The SMILES string of the molecule is O=C(O)c1ccc(C(=O)NC2CCN(C(=O)c3ccccc3F)CC2)o1. The monoisotopic (exact) mass is 360 g/mol. The number of furan rings is 1. The molecule has 1 aliphatic heterocycles. The Morgan fingerprint density at radius 2 is 1.73 bits per heavy atom. The maximum absolute atomic E-state index is 13.7. The summed E-state index contributed by atoms with van der Waals surface area (Å²) in [7, 11) is 0. The van der Waals surface area contributed by atoms with Gasteiger partial charge in [0.25, 0.3) is 11.8 Å². The highest BCUT2D eigenvalue weighted by Crippen LogP contribution is 2.17. The van der Waals surface area contributed by atoms with E-state index >= 15 is 0 Å². The number of piperidine rings is 1. The number of amides is 2. The van der Waals surface area contributed by atoms with Crippen molar-refractivity contribution in [2.45, 2.75) is 18.9 Å². The lowest BCUT2D eigenvalue weighted by Gasteiger charge is -2.32. The molecular formula is C18H17FN2O5. The zero-order valence-electron chi connectivity index (χ0n) is 13.8. The van der Waals surface area contributed by atoms with Gasteiger partial charge in [0.05, 0.1) is 5.56 Å². The van der Waals surface area contributed by atoms with Crippen molar-refractivity contribution in [3.63, 3.8) is 0 Å². The molecule has 7 nitrogen and oxygen atoms in total. The fourth-order valence-electron chi connectivity index (χ4n) is 2.86. The molecule has 1 aliphatic rings. The molecule has 2 aromatic rings. The second-order valence-electron chi connectivity index (χ2n) is 5.99. The molecule has 136 valence electrons. The van der Waals surface area contributed by atoms with Gasteiger partial charge >= 0.3 is 5.97 Å². The number of hydrogen-bond donors (Lipinski definition) is 2. The Kier molecular flexibility index (Phi) is 5.01. The van der Waals surface area contributed by atoms with E-state index in [4.69, 9.17) is 9.52 Å². The van der Waals surface area contributed by atoms with Crippen LogP contribution in [0.5, 0.6) is 0 Å². The largest absolute Gasteiger partial charge is 0.475 e. The number of carbonyl (C=O) groups is 3. The van der Waals surface area contributed by atoms with E-state index < -0.39 is 17.7 Å². The highest BCUT2D eigenvalue weighted by atomic mass is 19.1. The number of hydrogen-bond acceptors (Lipinski definition) is 4. The summed E-state index contributed by atoms with van der Waals surface area (Å²) in [5, 5.41) is 11.6. The molecule has 1 fully saturated rings. The van der Waals surface area contributed by atoms with Crippen LogP contribution in [0.3, 0.4) is 0 Å². The van der Waals surface area contributed by atoms with E-state index in [0.717, 1.165) is 0 Å². The van der Waals surface area contributed by atoms with Gasteiger partial charge in [-0.1, -0.05) is 12.1 Å². The second kappa shape index (κ2) is 7.38. The summed E-state index contributed by atoms with van der Waals surface area (Å²) in [6.07, 6.45) is 1.02. The first-order chi connectivity index (χ1) is 12.5. The Morgan fingerprint density at radius 3 is 2.35 bits per heavy atom. The van der Waals surface area contributed by atoms with Crippen molar-refractivity contribution in [3.05, 3.63) is 59.3 Å². The van der Waals surface area contributed by atoms with Crippen molar-refractivity contribution >= 4 is 17.8 Å². The number of benzene rings is 1. The molecule has 1 saturated heterocycles. The van der Waals surface area contributed by atoms with Crippen molar-refractivity contribution in [2.24, 2.45) is 0 Å². The number of aromatic carboxylic acids is 1. The number of likely N-dealkylation sites (tertiary alicyclic amines) is 1. The summed E-state index contributed by atoms with van der Waals surface area (Å²) < 4.78 is 18.7. The number of halogens is 1. The summed E-state index contributed by atoms with van der Waals surface area (Å²) in [5.74, 6) is -3.06. The Balaban J connectivity index is 1.55. The lowest BCUT2D eigenvalue weighted by molar-refractivity contribution is 0.0659. The van der Waals surface area contributed by atoms with Crippen molar-refractivity contribution in [1.29, 1.82) is 0 Å². The van der Waals surface area contributed by atoms with Crippen LogP contribution in [-0.2, 0) is 0 Å². The molecule has 2 heterocycles. The van der Waals surface area contributed by atoms with Crippen LogP contribution < -0.4 is 5.32 Å². The highest BCUT2D eigenvalue weighted by molar-refractivity contribution is 5.95. The number of nitrogens with one attached hydrogen (secondary N) is 1. The summed E-state index contributed by atoms with van der Waals surface area (Å²) >= 11 is 0. The average molecular weight is 360 g/mol. The fourth-order valence-corrected chi connectivity index (χ4v) is 2.86. The Hall–Kier alpha value is -3.16. The van der Waals surface area contributed by atoms with E-state index in [1.165, 1.54) is 30.3 Å². The van der Waals surface area contributed by atoms with Crippen LogP contribution in [-0.4, -0.2) is 46.9 Å². The standard InChI is InChI=1S/C18H17FN2O5/c19-13-4-2-1-3-12(13)17(23)21-9-7-11(8-10-21)20-16(22)14-5-6-15(26-14)18(24)25/h1-6,11H,7-10H2,(H,20,22)(H,24,25). The van der Waals surface area contributed by atoms with Crippen LogP contribution in [0.25, 0.3) is 0 Å². The van der Waals surface area contributed by atoms with Gasteiger partial charge in [-0.3, -0.25) is 9.59 Å². The Morgan fingerprint density at radius 1 is 1.08 bits per heavy atom. The molecule has 0 saturated carbocycles. The molecule has 0 radical (unpaired) electrons. The van der Waals surface area contributed by atoms with Gasteiger partial charge in [0.2, 0.25) is 5.76 Å². The maximum atomic E-state index is 13.7. The molecule has 2 amide bonds. The second-order valence-corrected chi connectivity index (χ2v) is 5.99. The third-order valence-electron chi connectivity index (χ3n) is 4.26. The minimum atomic E-state index is -1.25. The summed E-state index contributed by atoms with van der Waals surface area (Å²) in [4.78, 5) is 36.8. The van der Waals surface area contributed by atoms with E-state index in [1.54, 1.807) is 11.0 Å². The maximum Gasteiger partial charge on any atom is 0.371 e. The van der Waals surface area contributed by atoms with E-state index in [2.05, 4.69) is 5.32 Å². The third-order valence-corrected chi connectivity index (χ3v) is 4.26. The van der Waals surface area contributed by atoms with Crippen LogP contribution in [0.4, 0.5) is 4.39 Å². The lowest BCUT2D eigenvalue weighted by atomic mass is 10.0. The first kappa shape index (κ1) is 17.7. The quantitative estimate of drug-likeness (QED) is 0.870. The normalized spacial score (nSPS) is 14.9. The van der Waals surface area contributed by atoms with Crippen LogP contribution >= 0.6 is 0 Å². The Bertz CT molecular complexity index is 840. The zero-order valence-corrected chi connectivity index (χ0v) is 13.8. The van der Waals surface area contributed by atoms with Gasteiger partial charge in [0.1, 0.15) is 5.82 Å². The van der Waals surface area contributed by atoms with Crippen LogP contribution in [0.1, 0.15) is 44.3 Å². The molecule has 1 aromatic carbocycles. The van der Waals surface area contributed by atoms with Crippen molar-refractivity contribution in [3.8, 4) is 0 Å². The van der Waals surface area contributed by atoms with Gasteiger partial charge in [-0.05, 0) is 37.1 Å². The van der Waals surface area contributed by atoms with Gasteiger partial charge in [-0.2, -0.15) is 0 Å². The van der Waals surface area contributed by atoms with Gasteiger partial charge in [-0.25, -0.2) is 9.18 Å². The third kappa shape index (κ3) is 3.74. The van der Waals surface area contributed by atoms with Gasteiger partial charge < -0.3 is 19.7 Å². The molecule has 0 spiro atoms. The van der Waals surface area contributed by atoms with Gasteiger partial charge in [0, 0.05) is 19.1 Å². The molecule has 8 heteroatoms. The van der Waals surface area contributed by atoms with Gasteiger partial charge in [0.15, 0.2) is 5.76 Å². The van der Waals surface area contributed by atoms with Crippen LogP contribution in [0, 0.1) is 5.82 Å².